The number of hydrogen-bond donors (Lipinski definition) is 2. The molecule has 4 rings (SSSR count). The smallest absolute Gasteiger partial charge is 0.255 e. The van der Waals surface area contributed by atoms with Crippen LogP contribution in [0.2, 0.25) is 0 Å². The Hall–Kier alpha value is -3.67. The molecule has 0 saturated heterocycles. The van der Waals surface area contributed by atoms with Gasteiger partial charge in [0.2, 0.25) is 5.91 Å². The summed E-state index contributed by atoms with van der Waals surface area (Å²) in [7, 11) is 0. The quantitative estimate of drug-likeness (QED) is 0.606. The van der Waals surface area contributed by atoms with E-state index in [9.17, 15) is 14.0 Å². The van der Waals surface area contributed by atoms with Crippen LogP contribution in [0.15, 0.2) is 72.8 Å². The summed E-state index contributed by atoms with van der Waals surface area (Å²) in [4.78, 5) is 24.2. The SMILES string of the molecule is O=C(Nc1ccc(Oc2cccc(F)c2)cc1)c1ccc(NC(=O)C2CC2)cc1. The van der Waals surface area contributed by atoms with Gasteiger partial charge in [0, 0.05) is 28.9 Å². The fourth-order valence-electron chi connectivity index (χ4n) is 2.77. The molecule has 146 valence electrons. The van der Waals surface area contributed by atoms with Crippen molar-refractivity contribution in [3.63, 3.8) is 0 Å². The zero-order valence-electron chi connectivity index (χ0n) is 15.5. The molecular formula is C23H19FN2O3. The Labute approximate surface area is 167 Å². The molecule has 0 aliphatic heterocycles. The number of rotatable bonds is 6. The molecule has 0 heterocycles. The zero-order valence-corrected chi connectivity index (χ0v) is 15.5. The van der Waals surface area contributed by atoms with Crippen LogP contribution in [-0.4, -0.2) is 11.8 Å². The van der Waals surface area contributed by atoms with Crippen molar-refractivity contribution in [3.05, 3.63) is 84.2 Å². The van der Waals surface area contributed by atoms with Crippen LogP contribution in [0, 0.1) is 11.7 Å². The summed E-state index contributed by atoms with van der Waals surface area (Å²) in [6.45, 7) is 0. The molecule has 3 aromatic rings. The highest BCUT2D eigenvalue weighted by Gasteiger charge is 2.29. The number of carbonyl (C=O) groups excluding carboxylic acids is 2. The van der Waals surface area contributed by atoms with Gasteiger partial charge in [-0.2, -0.15) is 0 Å². The first-order valence-corrected chi connectivity index (χ1v) is 9.32. The van der Waals surface area contributed by atoms with Crippen LogP contribution in [-0.2, 0) is 4.79 Å². The van der Waals surface area contributed by atoms with E-state index in [1.807, 2.05) is 0 Å². The maximum Gasteiger partial charge on any atom is 0.255 e. The van der Waals surface area contributed by atoms with Gasteiger partial charge in [-0.25, -0.2) is 4.39 Å². The lowest BCUT2D eigenvalue weighted by atomic mass is 10.2. The number of ether oxygens (including phenoxy) is 1. The van der Waals surface area contributed by atoms with Gasteiger partial charge in [-0.15, -0.1) is 0 Å². The third-order valence-electron chi connectivity index (χ3n) is 4.51. The van der Waals surface area contributed by atoms with Crippen LogP contribution in [0.4, 0.5) is 15.8 Å². The van der Waals surface area contributed by atoms with E-state index in [4.69, 9.17) is 4.74 Å². The molecule has 0 atom stereocenters. The highest BCUT2D eigenvalue weighted by molar-refractivity contribution is 6.04. The maximum absolute atomic E-state index is 13.2. The maximum atomic E-state index is 13.2. The number of anilines is 2. The normalized spacial score (nSPS) is 12.9. The average molecular weight is 390 g/mol. The second-order valence-electron chi connectivity index (χ2n) is 6.88. The van der Waals surface area contributed by atoms with E-state index in [1.54, 1.807) is 60.7 Å². The second kappa shape index (κ2) is 8.14. The number of benzene rings is 3. The zero-order chi connectivity index (χ0) is 20.2. The summed E-state index contributed by atoms with van der Waals surface area (Å²) in [6, 6.07) is 19.4. The Bertz CT molecular complexity index is 1030. The minimum absolute atomic E-state index is 0.0303. The van der Waals surface area contributed by atoms with E-state index in [2.05, 4.69) is 10.6 Å². The third kappa shape index (κ3) is 4.99. The Morgan fingerprint density at radius 1 is 0.828 bits per heavy atom. The molecule has 0 radical (unpaired) electrons. The minimum Gasteiger partial charge on any atom is -0.457 e. The predicted octanol–water partition coefficient (Wildman–Crippen LogP) is 5.22. The van der Waals surface area contributed by atoms with E-state index in [0.29, 0.717) is 28.4 Å². The molecular weight excluding hydrogens is 371 g/mol. The summed E-state index contributed by atoms with van der Waals surface area (Å²) < 4.78 is 18.8. The molecule has 1 aliphatic carbocycles. The van der Waals surface area contributed by atoms with Crippen molar-refractivity contribution >= 4 is 23.2 Å². The van der Waals surface area contributed by atoms with E-state index in [-0.39, 0.29) is 23.5 Å². The predicted molar refractivity (Wildman–Crippen MR) is 109 cm³/mol. The molecule has 0 unspecified atom stereocenters. The number of hydrogen-bond acceptors (Lipinski definition) is 3. The highest BCUT2D eigenvalue weighted by atomic mass is 19.1. The molecule has 1 saturated carbocycles. The topological polar surface area (TPSA) is 67.4 Å². The Balaban J connectivity index is 1.34. The summed E-state index contributed by atoms with van der Waals surface area (Å²) >= 11 is 0. The largest absolute Gasteiger partial charge is 0.457 e. The average Bonchev–Trinajstić information content (AvgIpc) is 3.55. The Kier molecular flexibility index (Phi) is 5.24. The van der Waals surface area contributed by atoms with Gasteiger partial charge >= 0.3 is 0 Å². The molecule has 5 nitrogen and oxygen atoms in total. The lowest BCUT2D eigenvalue weighted by Crippen LogP contribution is -2.14. The van der Waals surface area contributed by atoms with Crippen molar-refractivity contribution in [2.24, 2.45) is 5.92 Å². The first kappa shape index (κ1) is 18.7. The first-order valence-electron chi connectivity index (χ1n) is 9.32. The second-order valence-corrected chi connectivity index (χ2v) is 6.88. The Morgan fingerprint density at radius 2 is 1.48 bits per heavy atom. The third-order valence-corrected chi connectivity index (χ3v) is 4.51. The molecule has 1 fully saturated rings. The van der Waals surface area contributed by atoms with E-state index >= 15 is 0 Å². The van der Waals surface area contributed by atoms with E-state index in [1.165, 1.54) is 12.1 Å². The van der Waals surface area contributed by atoms with Gasteiger partial charge in [0.15, 0.2) is 0 Å². The Morgan fingerprint density at radius 3 is 2.14 bits per heavy atom. The lowest BCUT2D eigenvalue weighted by molar-refractivity contribution is -0.117. The van der Waals surface area contributed by atoms with Crippen LogP contribution < -0.4 is 15.4 Å². The molecule has 0 bridgehead atoms. The fraction of sp³-hybridized carbons (Fsp3) is 0.130. The molecule has 6 heteroatoms. The highest BCUT2D eigenvalue weighted by Crippen LogP contribution is 2.30. The molecule has 3 aromatic carbocycles. The van der Waals surface area contributed by atoms with Gasteiger partial charge in [0.05, 0.1) is 0 Å². The van der Waals surface area contributed by atoms with Crippen molar-refractivity contribution in [2.75, 3.05) is 10.6 Å². The van der Waals surface area contributed by atoms with Crippen molar-refractivity contribution < 1.29 is 18.7 Å². The summed E-state index contributed by atoms with van der Waals surface area (Å²) in [5.74, 6) is 0.460. The fourth-order valence-corrected chi connectivity index (χ4v) is 2.77. The monoisotopic (exact) mass is 390 g/mol. The number of nitrogens with one attached hydrogen (secondary N) is 2. The minimum atomic E-state index is -0.371. The van der Waals surface area contributed by atoms with Crippen LogP contribution >= 0.6 is 0 Å². The van der Waals surface area contributed by atoms with Gasteiger partial charge in [0.1, 0.15) is 17.3 Å². The van der Waals surface area contributed by atoms with Crippen LogP contribution in [0.5, 0.6) is 11.5 Å². The van der Waals surface area contributed by atoms with E-state index < -0.39 is 0 Å². The van der Waals surface area contributed by atoms with Gasteiger partial charge in [0.25, 0.3) is 5.91 Å². The molecule has 29 heavy (non-hydrogen) atoms. The number of halogens is 1. The van der Waals surface area contributed by atoms with Crippen LogP contribution in [0.25, 0.3) is 0 Å². The first-order chi connectivity index (χ1) is 14.1. The van der Waals surface area contributed by atoms with Crippen LogP contribution in [0.1, 0.15) is 23.2 Å². The van der Waals surface area contributed by atoms with E-state index in [0.717, 1.165) is 12.8 Å². The number of carbonyl (C=O) groups is 2. The molecule has 2 amide bonds. The van der Waals surface area contributed by atoms with Gasteiger partial charge < -0.3 is 15.4 Å². The molecule has 1 aliphatic rings. The van der Waals surface area contributed by atoms with Gasteiger partial charge in [-0.3, -0.25) is 9.59 Å². The standard InChI is InChI=1S/C23H19FN2O3/c24-17-2-1-3-21(14-17)29-20-12-10-19(11-13-20)26-23(28)16-6-8-18(9-7-16)25-22(27)15-4-5-15/h1-3,6-15H,4-5H2,(H,25,27)(H,26,28). The van der Waals surface area contributed by atoms with Crippen molar-refractivity contribution in [1.82, 2.24) is 0 Å². The van der Waals surface area contributed by atoms with Crippen molar-refractivity contribution in [3.8, 4) is 11.5 Å². The molecule has 2 N–H and O–H groups in total. The van der Waals surface area contributed by atoms with Crippen LogP contribution in [0.3, 0.4) is 0 Å². The van der Waals surface area contributed by atoms with Crippen molar-refractivity contribution in [2.45, 2.75) is 12.8 Å². The summed E-state index contributed by atoms with van der Waals surface area (Å²) in [5, 5.41) is 5.65. The lowest BCUT2D eigenvalue weighted by Gasteiger charge is -2.09. The summed E-state index contributed by atoms with van der Waals surface area (Å²) in [6.07, 6.45) is 1.89. The molecule has 0 spiro atoms. The van der Waals surface area contributed by atoms with Gasteiger partial charge in [-0.05, 0) is 73.5 Å². The number of amides is 2. The van der Waals surface area contributed by atoms with Gasteiger partial charge in [-0.1, -0.05) is 6.07 Å². The summed E-state index contributed by atoms with van der Waals surface area (Å²) in [5.41, 5.74) is 1.76. The molecule has 0 aromatic heterocycles. The van der Waals surface area contributed by atoms with Crippen molar-refractivity contribution in [1.29, 1.82) is 0 Å².